The van der Waals surface area contributed by atoms with Gasteiger partial charge in [0.2, 0.25) is 0 Å². The van der Waals surface area contributed by atoms with Gasteiger partial charge in [-0.1, -0.05) is 64.1 Å². The Balaban J connectivity index is 1.74. The van der Waals surface area contributed by atoms with Crippen molar-refractivity contribution >= 4 is 23.5 Å². The van der Waals surface area contributed by atoms with Gasteiger partial charge in [0.15, 0.2) is 0 Å². The minimum Gasteiger partial charge on any atom is -0.423 e. The van der Waals surface area contributed by atoms with E-state index in [1.807, 2.05) is 65.0 Å². The Kier molecular flexibility index (Phi) is 5.90. The molecule has 0 N–H and O–H groups in total. The molecule has 2 amide bonds. The molecule has 5 nitrogen and oxygen atoms in total. The zero-order chi connectivity index (χ0) is 23.9. The highest BCUT2D eigenvalue weighted by atomic mass is 16.5. The number of carbonyl (C=O) groups excluding carboxylic acids is 3. The number of imide groups is 1. The number of hydrogen-bond donors (Lipinski definition) is 0. The Morgan fingerprint density at radius 3 is 2.00 bits per heavy atom. The van der Waals surface area contributed by atoms with E-state index in [1.165, 1.54) is 23.1 Å². The van der Waals surface area contributed by atoms with Crippen LogP contribution in [0.5, 0.6) is 5.75 Å². The first-order valence-corrected chi connectivity index (χ1v) is 11.1. The van der Waals surface area contributed by atoms with Crippen LogP contribution in [0.4, 0.5) is 5.69 Å². The van der Waals surface area contributed by atoms with Gasteiger partial charge in [-0.15, -0.1) is 0 Å². The van der Waals surface area contributed by atoms with Crippen LogP contribution in [0.15, 0.2) is 60.7 Å². The van der Waals surface area contributed by atoms with Gasteiger partial charge in [-0.05, 0) is 59.7 Å². The van der Waals surface area contributed by atoms with Crippen LogP contribution in [-0.2, 0) is 0 Å². The fourth-order valence-electron chi connectivity index (χ4n) is 4.17. The summed E-state index contributed by atoms with van der Waals surface area (Å²) in [5, 5.41) is 0. The van der Waals surface area contributed by atoms with Gasteiger partial charge >= 0.3 is 5.97 Å². The molecule has 168 valence electrons. The van der Waals surface area contributed by atoms with Gasteiger partial charge in [0.05, 0.1) is 22.4 Å². The van der Waals surface area contributed by atoms with Gasteiger partial charge in [0.25, 0.3) is 11.8 Å². The molecule has 0 aromatic heterocycles. The van der Waals surface area contributed by atoms with E-state index >= 15 is 0 Å². The van der Waals surface area contributed by atoms with E-state index in [1.54, 1.807) is 12.1 Å². The highest BCUT2D eigenvalue weighted by Gasteiger charge is 2.39. The topological polar surface area (TPSA) is 63.7 Å². The summed E-state index contributed by atoms with van der Waals surface area (Å²) in [5.41, 5.74) is 4.09. The lowest BCUT2D eigenvalue weighted by Crippen LogP contribution is -2.31. The Morgan fingerprint density at radius 2 is 1.39 bits per heavy atom. The largest absolute Gasteiger partial charge is 0.423 e. The zero-order valence-corrected chi connectivity index (χ0v) is 19.5. The lowest BCUT2D eigenvalue weighted by molar-refractivity contribution is 0.0733. The molecule has 0 saturated heterocycles. The number of aryl methyl sites for hydroxylation is 1. The predicted molar refractivity (Wildman–Crippen MR) is 128 cm³/mol. The number of amides is 2. The number of fused-ring (bicyclic) bond motifs is 1. The van der Waals surface area contributed by atoms with Crippen LogP contribution in [0.2, 0.25) is 0 Å². The summed E-state index contributed by atoms with van der Waals surface area (Å²) in [5.74, 6) is -0.652. The number of rotatable bonds is 5. The number of esters is 1. The van der Waals surface area contributed by atoms with Crippen molar-refractivity contribution in [1.29, 1.82) is 0 Å². The fourth-order valence-corrected chi connectivity index (χ4v) is 4.17. The molecule has 0 bridgehead atoms. The van der Waals surface area contributed by atoms with Crippen molar-refractivity contribution in [3.8, 4) is 5.75 Å². The molecule has 1 aliphatic heterocycles. The maximum absolute atomic E-state index is 13.5. The average Bonchev–Trinajstić information content (AvgIpc) is 3.04. The lowest BCUT2D eigenvalue weighted by atomic mass is 9.92. The van der Waals surface area contributed by atoms with Crippen LogP contribution < -0.4 is 9.64 Å². The van der Waals surface area contributed by atoms with Gasteiger partial charge < -0.3 is 4.74 Å². The van der Waals surface area contributed by atoms with Crippen molar-refractivity contribution in [2.75, 3.05) is 4.90 Å². The molecular formula is C28H27NO4. The first-order chi connectivity index (χ1) is 15.7. The van der Waals surface area contributed by atoms with Gasteiger partial charge in [-0.25, -0.2) is 9.69 Å². The lowest BCUT2D eigenvalue weighted by Gasteiger charge is -2.25. The van der Waals surface area contributed by atoms with Crippen LogP contribution in [-0.4, -0.2) is 17.8 Å². The second-order valence-electron chi connectivity index (χ2n) is 8.96. The average molecular weight is 442 g/mol. The van der Waals surface area contributed by atoms with Gasteiger partial charge in [0.1, 0.15) is 5.75 Å². The Bertz CT molecular complexity index is 1250. The first-order valence-electron chi connectivity index (χ1n) is 11.1. The monoisotopic (exact) mass is 441 g/mol. The Morgan fingerprint density at radius 1 is 0.788 bits per heavy atom. The molecule has 3 aromatic carbocycles. The maximum Gasteiger partial charge on any atom is 0.343 e. The number of hydrogen-bond acceptors (Lipinski definition) is 4. The number of nitrogens with zero attached hydrogens (tertiary/aromatic N) is 1. The van der Waals surface area contributed by atoms with E-state index in [2.05, 4.69) is 0 Å². The summed E-state index contributed by atoms with van der Waals surface area (Å²) >= 11 is 0. The standard InChI is InChI=1S/C28H27NO4/c1-16(2)20-10-8-11-21(17(3)4)25(20)29-26(30)22-14-13-19(15-23(22)27(29)31)28(32)33-24-12-7-6-9-18(24)5/h6-17H,1-5H3. The summed E-state index contributed by atoms with van der Waals surface area (Å²) in [6, 6.07) is 17.6. The molecule has 0 unspecified atom stereocenters. The number of para-hydroxylation sites is 2. The Hall–Kier alpha value is -3.73. The molecule has 0 radical (unpaired) electrons. The molecule has 4 rings (SSSR count). The highest BCUT2D eigenvalue weighted by Crippen LogP contribution is 2.39. The summed E-state index contributed by atoms with van der Waals surface area (Å²) in [7, 11) is 0. The molecule has 0 fully saturated rings. The third-order valence-electron chi connectivity index (χ3n) is 5.98. The van der Waals surface area contributed by atoms with Crippen LogP contribution in [0.25, 0.3) is 0 Å². The Labute approximate surface area is 194 Å². The van der Waals surface area contributed by atoms with Crippen LogP contribution in [0, 0.1) is 6.92 Å². The first kappa shape index (κ1) is 22.5. The molecule has 0 saturated carbocycles. The van der Waals surface area contributed by atoms with Crippen molar-refractivity contribution < 1.29 is 19.1 Å². The molecule has 0 atom stereocenters. The summed E-state index contributed by atoms with van der Waals surface area (Å²) in [4.78, 5) is 40.9. The van der Waals surface area contributed by atoms with E-state index < -0.39 is 11.9 Å². The molecule has 0 aliphatic carbocycles. The second kappa shape index (κ2) is 8.66. The molecular weight excluding hydrogens is 414 g/mol. The maximum atomic E-state index is 13.5. The smallest absolute Gasteiger partial charge is 0.343 e. The number of ether oxygens (including phenoxy) is 1. The normalized spacial score (nSPS) is 13.1. The van der Waals surface area contributed by atoms with Gasteiger partial charge in [-0.3, -0.25) is 9.59 Å². The summed E-state index contributed by atoms with van der Waals surface area (Å²) in [6.07, 6.45) is 0. The van der Waals surface area contributed by atoms with Crippen molar-refractivity contribution in [1.82, 2.24) is 0 Å². The van der Waals surface area contributed by atoms with E-state index in [0.29, 0.717) is 17.0 Å². The number of carbonyl (C=O) groups is 3. The fraction of sp³-hybridized carbons (Fsp3) is 0.250. The number of benzene rings is 3. The predicted octanol–water partition coefficient (Wildman–Crippen LogP) is 6.26. The SMILES string of the molecule is Cc1ccccc1OC(=O)c1ccc2c(c1)C(=O)N(c1c(C(C)C)cccc1C(C)C)C2=O. The van der Waals surface area contributed by atoms with E-state index in [0.717, 1.165) is 16.7 Å². The van der Waals surface area contributed by atoms with E-state index in [4.69, 9.17) is 4.74 Å². The van der Waals surface area contributed by atoms with Gasteiger partial charge in [0, 0.05) is 0 Å². The summed E-state index contributed by atoms with van der Waals surface area (Å²) in [6.45, 7) is 10.0. The highest BCUT2D eigenvalue weighted by molar-refractivity contribution is 6.35. The quantitative estimate of drug-likeness (QED) is 0.266. The minimum atomic E-state index is -0.573. The van der Waals surface area contributed by atoms with Crippen LogP contribution in [0.1, 0.15) is 87.3 Å². The molecule has 5 heteroatoms. The zero-order valence-electron chi connectivity index (χ0n) is 19.5. The van der Waals surface area contributed by atoms with Crippen molar-refractivity contribution in [3.63, 3.8) is 0 Å². The molecule has 1 aliphatic rings. The van der Waals surface area contributed by atoms with Crippen molar-refractivity contribution in [2.24, 2.45) is 0 Å². The third-order valence-corrected chi connectivity index (χ3v) is 5.98. The second-order valence-corrected chi connectivity index (χ2v) is 8.96. The van der Waals surface area contributed by atoms with Crippen LogP contribution >= 0.6 is 0 Å². The van der Waals surface area contributed by atoms with E-state index in [-0.39, 0.29) is 28.9 Å². The van der Waals surface area contributed by atoms with Crippen molar-refractivity contribution in [2.45, 2.75) is 46.5 Å². The molecule has 33 heavy (non-hydrogen) atoms. The number of anilines is 1. The molecule has 0 spiro atoms. The summed E-state index contributed by atoms with van der Waals surface area (Å²) < 4.78 is 5.52. The van der Waals surface area contributed by atoms with E-state index in [9.17, 15) is 14.4 Å². The van der Waals surface area contributed by atoms with Crippen LogP contribution in [0.3, 0.4) is 0 Å². The van der Waals surface area contributed by atoms with Crippen molar-refractivity contribution in [3.05, 3.63) is 94.0 Å². The molecule has 3 aromatic rings. The molecule has 1 heterocycles. The minimum absolute atomic E-state index is 0.127. The third kappa shape index (κ3) is 3.95. The van der Waals surface area contributed by atoms with Gasteiger partial charge in [-0.2, -0.15) is 0 Å².